The van der Waals surface area contributed by atoms with Gasteiger partial charge in [-0.3, -0.25) is 4.79 Å². The fourth-order valence-electron chi connectivity index (χ4n) is 5.67. The first-order chi connectivity index (χ1) is 19.2. The molecule has 0 N–H and O–H groups in total. The van der Waals surface area contributed by atoms with Crippen LogP contribution in [-0.4, -0.2) is 68.9 Å². The van der Waals surface area contributed by atoms with Crippen LogP contribution in [0.1, 0.15) is 47.5 Å². The van der Waals surface area contributed by atoms with E-state index in [0.29, 0.717) is 13.0 Å². The fourth-order valence-corrected chi connectivity index (χ4v) is 11.5. The van der Waals surface area contributed by atoms with E-state index < -0.39 is 16.6 Å². The van der Waals surface area contributed by atoms with Gasteiger partial charge in [0.15, 0.2) is 8.32 Å². The molecular formula is C33H54O6Si2. The van der Waals surface area contributed by atoms with Crippen molar-refractivity contribution in [3.63, 3.8) is 0 Å². The van der Waals surface area contributed by atoms with Crippen LogP contribution in [0.3, 0.4) is 0 Å². The minimum Gasteiger partial charge on any atom is -0.469 e. The Labute approximate surface area is 251 Å². The van der Waals surface area contributed by atoms with Gasteiger partial charge >= 0.3 is 5.97 Å². The van der Waals surface area contributed by atoms with E-state index in [4.69, 9.17) is 23.1 Å². The summed E-state index contributed by atoms with van der Waals surface area (Å²) in [5.41, 5.74) is 0. The van der Waals surface area contributed by atoms with E-state index in [1.54, 1.807) is 14.2 Å². The van der Waals surface area contributed by atoms with E-state index >= 15 is 0 Å². The second kappa shape index (κ2) is 15.6. The highest BCUT2D eigenvalue weighted by atomic mass is 28.4. The Balaban J connectivity index is 2.37. The second-order valence-corrected chi connectivity index (χ2v) is 22.0. The Morgan fingerprint density at radius 2 is 1.24 bits per heavy atom. The van der Waals surface area contributed by atoms with Crippen molar-refractivity contribution in [3.8, 4) is 0 Å². The summed E-state index contributed by atoms with van der Waals surface area (Å²) in [4.78, 5) is 12.2. The molecule has 0 fully saturated rings. The zero-order chi connectivity index (χ0) is 30.8. The largest absolute Gasteiger partial charge is 0.469 e. The third kappa shape index (κ3) is 9.59. The van der Waals surface area contributed by atoms with Crippen molar-refractivity contribution in [1.29, 1.82) is 0 Å². The third-order valence-corrected chi connectivity index (χ3v) is 13.6. The number of carbonyl (C=O) groups is 1. The maximum atomic E-state index is 12.2. The molecule has 0 heterocycles. The van der Waals surface area contributed by atoms with E-state index in [0.717, 1.165) is 6.42 Å². The van der Waals surface area contributed by atoms with Gasteiger partial charge in [0.2, 0.25) is 0 Å². The monoisotopic (exact) mass is 602 g/mol. The van der Waals surface area contributed by atoms with Crippen molar-refractivity contribution >= 4 is 33.0 Å². The van der Waals surface area contributed by atoms with Crippen LogP contribution in [0, 0.1) is 11.8 Å². The number of hydrogen-bond acceptors (Lipinski definition) is 6. The molecule has 41 heavy (non-hydrogen) atoms. The summed E-state index contributed by atoms with van der Waals surface area (Å²) in [6, 6.07) is 21.4. The summed E-state index contributed by atoms with van der Waals surface area (Å²) in [5, 5.41) is 2.45. The predicted molar refractivity (Wildman–Crippen MR) is 173 cm³/mol. The Morgan fingerprint density at radius 1 is 0.780 bits per heavy atom. The minimum absolute atomic E-state index is 0.0925. The Kier molecular flexibility index (Phi) is 13.5. The summed E-state index contributed by atoms with van der Waals surface area (Å²) in [6.07, 6.45) is 0.362. The smallest absolute Gasteiger partial charge is 0.308 e. The summed E-state index contributed by atoms with van der Waals surface area (Å²) < 4.78 is 30.9. The average molecular weight is 603 g/mol. The molecule has 0 saturated heterocycles. The van der Waals surface area contributed by atoms with Crippen LogP contribution in [0.5, 0.6) is 0 Å². The quantitative estimate of drug-likeness (QED) is 0.173. The first-order valence-electron chi connectivity index (χ1n) is 14.8. The van der Waals surface area contributed by atoms with Gasteiger partial charge in [-0.25, -0.2) is 0 Å². The SMILES string of the molecule is COC(=O)[C@H](C)C[C@H](OC)[C@H](O[Si](C)(C)C)[C@H](C[C@@H](C)CO[Si](c1ccccc1)(c1ccccc1)C(C)(C)C)OC. The van der Waals surface area contributed by atoms with Crippen LogP contribution in [0.15, 0.2) is 60.7 Å². The first-order valence-corrected chi connectivity index (χ1v) is 20.1. The summed E-state index contributed by atoms with van der Waals surface area (Å²) in [6.45, 7) is 18.1. The van der Waals surface area contributed by atoms with Crippen molar-refractivity contribution in [2.45, 2.75) is 90.5 Å². The average Bonchev–Trinajstić information content (AvgIpc) is 2.93. The van der Waals surface area contributed by atoms with E-state index in [1.807, 2.05) is 6.92 Å². The van der Waals surface area contributed by atoms with Crippen LogP contribution >= 0.6 is 0 Å². The van der Waals surface area contributed by atoms with Crippen molar-refractivity contribution in [3.05, 3.63) is 60.7 Å². The van der Waals surface area contributed by atoms with Gasteiger partial charge in [0.1, 0.15) is 0 Å². The van der Waals surface area contributed by atoms with Crippen LogP contribution in [-0.2, 0) is 27.9 Å². The lowest BCUT2D eigenvalue weighted by atomic mass is 9.93. The normalized spacial score (nSPS) is 16.5. The molecule has 0 aliphatic heterocycles. The van der Waals surface area contributed by atoms with Crippen LogP contribution < -0.4 is 10.4 Å². The Hall–Kier alpha value is -1.82. The summed E-state index contributed by atoms with van der Waals surface area (Å²) in [7, 11) is 0.205. The van der Waals surface area contributed by atoms with Crippen molar-refractivity contribution < 1.29 is 27.9 Å². The molecular weight excluding hydrogens is 549 g/mol. The molecule has 0 bridgehead atoms. The van der Waals surface area contributed by atoms with Crippen molar-refractivity contribution in [1.82, 2.24) is 0 Å². The van der Waals surface area contributed by atoms with Gasteiger partial charge in [-0.1, -0.05) is 95.3 Å². The van der Waals surface area contributed by atoms with Gasteiger partial charge in [0, 0.05) is 20.8 Å². The molecule has 0 aliphatic rings. The molecule has 2 rings (SSSR count). The molecule has 6 nitrogen and oxygen atoms in total. The van der Waals surface area contributed by atoms with Gasteiger partial charge in [-0.15, -0.1) is 0 Å². The maximum absolute atomic E-state index is 12.2. The van der Waals surface area contributed by atoms with Gasteiger partial charge in [-0.2, -0.15) is 0 Å². The zero-order valence-corrected chi connectivity index (χ0v) is 29.2. The molecule has 0 unspecified atom stereocenters. The van der Waals surface area contributed by atoms with Crippen LogP contribution in [0.2, 0.25) is 24.7 Å². The van der Waals surface area contributed by atoms with Gasteiger partial charge in [0.05, 0.1) is 31.3 Å². The molecule has 5 atom stereocenters. The van der Waals surface area contributed by atoms with E-state index in [9.17, 15) is 4.79 Å². The predicted octanol–water partition coefficient (Wildman–Crippen LogP) is 6.04. The van der Waals surface area contributed by atoms with Crippen molar-refractivity contribution in [2.24, 2.45) is 11.8 Å². The number of methoxy groups -OCH3 is 3. The van der Waals surface area contributed by atoms with E-state index in [1.165, 1.54) is 17.5 Å². The lowest BCUT2D eigenvalue weighted by Crippen LogP contribution is -2.66. The van der Waals surface area contributed by atoms with Gasteiger partial charge in [-0.05, 0) is 53.8 Å². The third-order valence-electron chi connectivity index (χ3n) is 7.65. The van der Waals surface area contributed by atoms with Crippen LogP contribution in [0.25, 0.3) is 0 Å². The fraction of sp³-hybridized carbons (Fsp3) is 0.606. The number of esters is 1. The molecule has 8 heteroatoms. The van der Waals surface area contributed by atoms with Gasteiger partial charge in [0.25, 0.3) is 8.32 Å². The molecule has 0 spiro atoms. The lowest BCUT2D eigenvalue weighted by Gasteiger charge is -2.44. The highest BCUT2D eigenvalue weighted by molar-refractivity contribution is 6.99. The van der Waals surface area contributed by atoms with Crippen LogP contribution in [0.4, 0.5) is 0 Å². The Bertz CT molecular complexity index is 996. The molecule has 0 radical (unpaired) electrons. The minimum atomic E-state index is -2.65. The zero-order valence-electron chi connectivity index (χ0n) is 27.2. The molecule has 0 aliphatic carbocycles. The second-order valence-electron chi connectivity index (χ2n) is 13.2. The van der Waals surface area contributed by atoms with Crippen molar-refractivity contribution in [2.75, 3.05) is 27.9 Å². The standard InChI is InChI=1S/C33H54O6Si2/c1-25(22-29(35-6)31(39-40(9,10)11)30(36-7)23-26(2)32(34)37-8)24-38-41(33(3,4)5,27-18-14-12-15-19-27)28-20-16-13-17-21-28/h12-21,25-26,29-31H,22-24H2,1-11H3/t25-,26-,29+,30+,31-/m1/s1. The van der Waals surface area contributed by atoms with E-state index in [2.05, 4.69) is 108 Å². The highest BCUT2D eigenvalue weighted by Gasteiger charge is 2.50. The molecule has 2 aromatic rings. The van der Waals surface area contributed by atoms with E-state index in [-0.39, 0.29) is 41.2 Å². The Morgan fingerprint density at radius 3 is 1.63 bits per heavy atom. The molecule has 0 amide bonds. The summed E-state index contributed by atoms with van der Waals surface area (Å²) >= 11 is 0. The number of ether oxygens (including phenoxy) is 3. The lowest BCUT2D eigenvalue weighted by molar-refractivity contribution is -0.148. The highest BCUT2D eigenvalue weighted by Crippen LogP contribution is 2.37. The number of rotatable bonds is 16. The molecule has 230 valence electrons. The topological polar surface area (TPSA) is 63.2 Å². The maximum Gasteiger partial charge on any atom is 0.308 e. The molecule has 2 aromatic carbocycles. The first kappa shape index (κ1) is 35.4. The van der Waals surface area contributed by atoms with Gasteiger partial charge < -0.3 is 23.1 Å². The number of benzene rings is 2. The molecule has 0 saturated carbocycles. The number of carbonyl (C=O) groups excluding carboxylic acids is 1. The summed E-state index contributed by atoms with van der Waals surface area (Å²) in [5.74, 6) is -0.379. The molecule has 0 aromatic heterocycles. The number of hydrogen-bond donors (Lipinski definition) is 0.